The highest BCUT2D eigenvalue weighted by Crippen LogP contribution is 2.17. The SMILES string of the molecule is CC(C)C[C@H](N)C(=O)N1CCSCC1C. The van der Waals surface area contributed by atoms with Crippen molar-refractivity contribution in [3.63, 3.8) is 0 Å². The summed E-state index contributed by atoms with van der Waals surface area (Å²) in [6, 6.07) is 0.0324. The Balaban J connectivity index is 2.50. The number of amides is 1. The van der Waals surface area contributed by atoms with E-state index in [1.165, 1.54) is 0 Å². The van der Waals surface area contributed by atoms with Crippen LogP contribution < -0.4 is 5.73 Å². The van der Waals surface area contributed by atoms with Gasteiger partial charge in [0.15, 0.2) is 0 Å². The minimum atomic E-state index is -0.310. The molecule has 88 valence electrons. The molecule has 2 N–H and O–H groups in total. The van der Waals surface area contributed by atoms with Crippen LogP contribution in [0.5, 0.6) is 0 Å². The van der Waals surface area contributed by atoms with E-state index in [2.05, 4.69) is 20.8 Å². The van der Waals surface area contributed by atoms with Crippen molar-refractivity contribution in [3.8, 4) is 0 Å². The molecule has 0 aliphatic carbocycles. The fourth-order valence-electron chi connectivity index (χ4n) is 1.88. The smallest absolute Gasteiger partial charge is 0.239 e. The summed E-state index contributed by atoms with van der Waals surface area (Å²) in [4.78, 5) is 14.0. The molecule has 1 heterocycles. The lowest BCUT2D eigenvalue weighted by Crippen LogP contribution is -2.51. The zero-order chi connectivity index (χ0) is 11.4. The van der Waals surface area contributed by atoms with Crippen LogP contribution in [0.15, 0.2) is 0 Å². The number of hydrogen-bond acceptors (Lipinski definition) is 3. The first-order valence-electron chi connectivity index (χ1n) is 5.66. The Morgan fingerprint density at radius 2 is 2.27 bits per heavy atom. The molecule has 1 aliphatic rings. The van der Waals surface area contributed by atoms with Crippen LogP contribution >= 0.6 is 11.8 Å². The molecule has 15 heavy (non-hydrogen) atoms. The van der Waals surface area contributed by atoms with Gasteiger partial charge < -0.3 is 10.6 Å². The number of carbonyl (C=O) groups excluding carboxylic acids is 1. The Bertz CT molecular complexity index is 221. The Hall–Kier alpha value is -0.220. The maximum Gasteiger partial charge on any atom is 0.239 e. The average Bonchev–Trinajstić information content (AvgIpc) is 2.16. The van der Waals surface area contributed by atoms with E-state index in [4.69, 9.17) is 5.73 Å². The number of thioether (sulfide) groups is 1. The van der Waals surface area contributed by atoms with Gasteiger partial charge in [0.05, 0.1) is 6.04 Å². The first kappa shape index (κ1) is 12.8. The predicted molar refractivity (Wildman–Crippen MR) is 65.9 cm³/mol. The molecule has 4 heteroatoms. The fourth-order valence-corrected chi connectivity index (χ4v) is 2.89. The fraction of sp³-hybridized carbons (Fsp3) is 0.909. The third kappa shape index (κ3) is 3.68. The molecule has 0 aromatic rings. The molecule has 1 rings (SSSR count). The van der Waals surface area contributed by atoms with Crippen LogP contribution in [0.4, 0.5) is 0 Å². The van der Waals surface area contributed by atoms with Gasteiger partial charge in [0.2, 0.25) is 5.91 Å². The Morgan fingerprint density at radius 3 is 2.80 bits per heavy atom. The lowest BCUT2D eigenvalue weighted by molar-refractivity contribution is -0.134. The lowest BCUT2D eigenvalue weighted by atomic mass is 10.0. The van der Waals surface area contributed by atoms with Gasteiger partial charge in [-0.15, -0.1) is 0 Å². The summed E-state index contributed by atoms with van der Waals surface area (Å²) >= 11 is 1.92. The Labute approximate surface area is 96.8 Å². The zero-order valence-electron chi connectivity index (χ0n) is 9.90. The summed E-state index contributed by atoms with van der Waals surface area (Å²) in [5.74, 6) is 2.71. The molecule has 0 bridgehead atoms. The summed E-state index contributed by atoms with van der Waals surface area (Å²) in [6.07, 6.45) is 0.787. The van der Waals surface area contributed by atoms with E-state index in [1.54, 1.807) is 0 Å². The van der Waals surface area contributed by atoms with Gasteiger partial charge in [-0.3, -0.25) is 4.79 Å². The van der Waals surface area contributed by atoms with Crippen LogP contribution in [0.1, 0.15) is 27.2 Å². The largest absolute Gasteiger partial charge is 0.337 e. The van der Waals surface area contributed by atoms with Crippen LogP contribution in [0.3, 0.4) is 0 Å². The highest BCUT2D eigenvalue weighted by molar-refractivity contribution is 7.99. The predicted octanol–water partition coefficient (Wildman–Crippen LogP) is 1.32. The molecule has 3 nitrogen and oxygen atoms in total. The van der Waals surface area contributed by atoms with Crippen LogP contribution in [-0.4, -0.2) is 40.9 Å². The van der Waals surface area contributed by atoms with Gasteiger partial charge >= 0.3 is 0 Å². The number of rotatable bonds is 3. The van der Waals surface area contributed by atoms with Crippen LogP contribution in [-0.2, 0) is 4.79 Å². The van der Waals surface area contributed by atoms with Crippen molar-refractivity contribution in [3.05, 3.63) is 0 Å². The first-order chi connectivity index (χ1) is 7.02. The molecule has 1 unspecified atom stereocenters. The number of hydrogen-bond donors (Lipinski definition) is 1. The van der Waals surface area contributed by atoms with E-state index in [-0.39, 0.29) is 11.9 Å². The second-order valence-electron chi connectivity index (χ2n) is 4.69. The molecular weight excluding hydrogens is 208 g/mol. The topological polar surface area (TPSA) is 46.3 Å². The van der Waals surface area contributed by atoms with Crippen molar-refractivity contribution >= 4 is 17.7 Å². The standard InChI is InChI=1S/C11H22N2OS/c1-8(2)6-10(12)11(14)13-4-5-15-7-9(13)3/h8-10H,4-7,12H2,1-3H3/t9?,10-/m0/s1. The van der Waals surface area contributed by atoms with Gasteiger partial charge in [-0.25, -0.2) is 0 Å². The quantitative estimate of drug-likeness (QED) is 0.795. The molecule has 1 fully saturated rings. The van der Waals surface area contributed by atoms with E-state index >= 15 is 0 Å². The van der Waals surface area contributed by atoms with Crippen molar-refractivity contribution in [1.82, 2.24) is 4.90 Å². The molecule has 0 saturated carbocycles. The zero-order valence-corrected chi connectivity index (χ0v) is 10.7. The van der Waals surface area contributed by atoms with Crippen LogP contribution in [0, 0.1) is 5.92 Å². The monoisotopic (exact) mass is 230 g/mol. The van der Waals surface area contributed by atoms with E-state index in [0.717, 1.165) is 24.5 Å². The lowest BCUT2D eigenvalue weighted by Gasteiger charge is -2.35. The minimum absolute atomic E-state index is 0.136. The number of carbonyl (C=O) groups is 1. The average molecular weight is 230 g/mol. The molecule has 1 saturated heterocycles. The van der Waals surface area contributed by atoms with Gasteiger partial charge in [0.25, 0.3) is 0 Å². The minimum Gasteiger partial charge on any atom is -0.337 e. The van der Waals surface area contributed by atoms with Crippen molar-refractivity contribution in [2.45, 2.75) is 39.3 Å². The number of nitrogens with two attached hydrogens (primary N) is 1. The summed E-state index contributed by atoms with van der Waals surface area (Å²) in [7, 11) is 0. The van der Waals surface area contributed by atoms with Crippen LogP contribution in [0.2, 0.25) is 0 Å². The number of nitrogens with zero attached hydrogens (tertiary/aromatic N) is 1. The molecule has 0 aromatic carbocycles. The summed E-state index contributed by atoms with van der Waals surface area (Å²) in [5.41, 5.74) is 5.91. The summed E-state index contributed by atoms with van der Waals surface area (Å²) < 4.78 is 0. The van der Waals surface area contributed by atoms with Crippen LogP contribution in [0.25, 0.3) is 0 Å². The highest BCUT2D eigenvalue weighted by atomic mass is 32.2. The third-order valence-electron chi connectivity index (χ3n) is 2.69. The molecule has 0 aromatic heterocycles. The van der Waals surface area contributed by atoms with Crippen molar-refractivity contribution in [1.29, 1.82) is 0 Å². The van der Waals surface area contributed by atoms with E-state index < -0.39 is 0 Å². The van der Waals surface area contributed by atoms with Gasteiger partial charge in [-0.1, -0.05) is 13.8 Å². The van der Waals surface area contributed by atoms with Crippen molar-refractivity contribution in [2.75, 3.05) is 18.1 Å². The van der Waals surface area contributed by atoms with E-state index in [0.29, 0.717) is 12.0 Å². The third-order valence-corrected chi connectivity index (χ3v) is 3.88. The molecule has 1 aliphatic heterocycles. The highest BCUT2D eigenvalue weighted by Gasteiger charge is 2.27. The normalized spacial score (nSPS) is 24.3. The van der Waals surface area contributed by atoms with Crippen molar-refractivity contribution in [2.24, 2.45) is 11.7 Å². The summed E-state index contributed by atoms with van der Waals surface area (Å²) in [6.45, 7) is 7.16. The Kier molecular flexibility index (Phi) is 4.93. The first-order valence-corrected chi connectivity index (χ1v) is 6.81. The van der Waals surface area contributed by atoms with E-state index in [1.807, 2.05) is 16.7 Å². The molecule has 1 amide bonds. The maximum atomic E-state index is 12.0. The van der Waals surface area contributed by atoms with Gasteiger partial charge in [0, 0.05) is 24.1 Å². The van der Waals surface area contributed by atoms with E-state index in [9.17, 15) is 4.79 Å². The molecule has 0 radical (unpaired) electrons. The Morgan fingerprint density at radius 1 is 1.60 bits per heavy atom. The molecule has 2 atom stereocenters. The van der Waals surface area contributed by atoms with Gasteiger partial charge in [0.1, 0.15) is 0 Å². The van der Waals surface area contributed by atoms with Crippen molar-refractivity contribution < 1.29 is 4.79 Å². The molecule has 0 spiro atoms. The van der Waals surface area contributed by atoms with Gasteiger partial charge in [-0.05, 0) is 19.3 Å². The maximum absolute atomic E-state index is 12.0. The second-order valence-corrected chi connectivity index (χ2v) is 5.84. The second kappa shape index (κ2) is 5.75. The molecular formula is C11H22N2OS. The van der Waals surface area contributed by atoms with Gasteiger partial charge in [-0.2, -0.15) is 11.8 Å². The summed E-state index contributed by atoms with van der Waals surface area (Å²) in [5, 5.41) is 0.